The Hall–Kier alpha value is -2.51. The van der Waals surface area contributed by atoms with Gasteiger partial charge in [-0.25, -0.2) is 14.1 Å². The molecule has 0 saturated carbocycles. The molecule has 142 valence electrons. The second kappa shape index (κ2) is 7.25. The zero-order valence-electron chi connectivity index (χ0n) is 15.9. The van der Waals surface area contributed by atoms with E-state index in [0.29, 0.717) is 12.4 Å². The summed E-state index contributed by atoms with van der Waals surface area (Å²) in [5, 5.41) is 4.56. The summed E-state index contributed by atoms with van der Waals surface area (Å²) in [4.78, 5) is 6.78. The predicted octanol–water partition coefficient (Wildman–Crippen LogP) is 2.82. The first-order valence-electron chi connectivity index (χ1n) is 9.16. The summed E-state index contributed by atoms with van der Waals surface area (Å²) >= 11 is 0. The molecule has 2 aromatic heterocycles. The maximum atomic E-state index is 14.1. The zero-order chi connectivity index (χ0) is 19.0. The van der Waals surface area contributed by atoms with E-state index in [-0.39, 0.29) is 11.9 Å². The van der Waals surface area contributed by atoms with Crippen LogP contribution in [0.4, 0.5) is 4.39 Å². The van der Waals surface area contributed by atoms with Crippen molar-refractivity contribution in [1.29, 1.82) is 0 Å². The first kappa shape index (κ1) is 17.9. The zero-order valence-corrected chi connectivity index (χ0v) is 15.9. The number of benzene rings is 1. The Morgan fingerprint density at radius 3 is 2.85 bits per heavy atom. The van der Waals surface area contributed by atoms with E-state index < -0.39 is 0 Å². The molecule has 0 N–H and O–H groups in total. The molecule has 6 nitrogen and oxygen atoms in total. The summed E-state index contributed by atoms with van der Waals surface area (Å²) in [6.07, 6.45) is 3.75. The Balaban J connectivity index is 1.73. The van der Waals surface area contributed by atoms with E-state index in [1.165, 1.54) is 12.1 Å². The standard InChI is InChI=1S/C20H24FN5O/c1-14-10-15(2)26(23-14)19-5-4-16(21)11-18(19)20-22-6-7-25(20)13-17-12-24(3)8-9-27-17/h4-7,10-11,17H,8-9,12-13H2,1-3H3. The van der Waals surface area contributed by atoms with E-state index in [0.717, 1.165) is 42.3 Å². The minimum atomic E-state index is -0.293. The van der Waals surface area contributed by atoms with Crippen molar-refractivity contribution in [3.63, 3.8) is 0 Å². The van der Waals surface area contributed by atoms with Gasteiger partial charge in [-0.2, -0.15) is 5.10 Å². The molecule has 3 heterocycles. The minimum absolute atomic E-state index is 0.0855. The van der Waals surface area contributed by atoms with Crippen molar-refractivity contribution < 1.29 is 9.13 Å². The van der Waals surface area contributed by atoms with Crippen molar-refractivity contribution >= 4 is 0 Å². The molecule has 0 amide bonds. The van der Waals surface area contributed by atoms with Crippen molar-refractivity contribution in [3.8, 4) is 17.1 Å². The molecule has 1 atom stereocenters. The van der Waals surface area contributed by atoms with Gasteiger partial charge in [0.25, 0.3) is 0 Å². The van der Waals surface area contributed by atoms with Gasteiger partial charge in [-0.3, -0.25) is 0 Å². The van der Waals surface area contributed by atoms with Gasteiger partial charge >= 0.3 is 0 Å². The van der Waals surface area contributed by atoms with Gasteiger partial charge in [-0.05, 0) is 45.2 Å². The van der Waals surface area contributed by atoms with Crippen molar-refractivity contribution in [3.05, 3.63) is 53.9 Å². The van der Waals surface area contributed by atoms with Crippen LogP contribution in [0, 0.1) is 19.7 Å². The first-order chi connectivity index (χ1) is 13.0. The molecule has 1 unspecified atom stereocenters. The lowest BCUT2D eigenvalue weighted by Crippen LogP contribution is -2.42. The molecule has 0 radical (unpaired) electrons. The lowest BCUT2D eigenvalue weighted by atomic mass is 10.1. The van der Waals surface area contributed by atoms with Crippen LogP contribution in [0.3, 0.4) is 0 Å². The van der Waals surface area contributed by atoms with E-state index >= 15 is 0 Å². The topological polar surface area (TPSA) is 48.1 Å². The molecule has 1 saturated heterocycles. The Kier molecular flexibility index (Phi) is 4.80. The number of hydrogen-bond donors (Lipinski definition) is 0. The molecular formula is C20H24FN5O. The van der Waals surface area contributed by atoms with Gasteiger partial charge in [0.05, 0.1) is 30.6 Å². The van der Waals surface area contributed by atoms with Gasteiger partial charge in [-0.1, -0.05) is 0 Å². The van der Waals surface area contributed by atoms with Crippen LogP contribution >= 0.6 is 0 Å². The second-order valence-corrected chi connectivity index (χ2v) is 7.16. The van der Waals surface area contributed by atoms with E-state index in [1.54, 1.807) is 12.3 Å². The summed E-state index contributed by atoms with van der Waals surface area (Å²) in [5.74, 6) is 0.423. The van der Waals surface area contributed by atoms with E-state index in [4.69, 9.17) is 4.74 Å². The average Bonchev–Trinajstić information content (AvgIpc) is 3.21. The quantitative estimate of drug-likeness (QED) is 0.710. The number of rotatable bonds is 4. The summed E-state index contributed by atoms with van der Waals surface area (Å²) in [5.41, 5.74) is 3.45. The monoisotopic (exact) mass is 369 g/mol. The van der Waals surface area contributed by atoms with Crippen molar-refractivity contribution in [2.24, 2.45) is 0 Å². The summed E-state index contributed by atoms with van der Waals surface area (Å²) < 4.78 is 23.9. The van der Waals surface area contributed by atoms with Crippen molar-refractivity contribution in [1.82, 2.24) is 24.2 Å². The summed E-state index contributed by atoms with van der Waals surface area (Å²) in [6, 6.07) is 6.75. The highest BCUT2D eigenvalue weighted by atomic mass is 19.1. The molecule has 0 bridgehead atoms. The Labute approximate surface area is 158 Å². The van der Waals surface area contributed by atoms with E-state index in [9.17, 15) is 4.39 Å². The average molecular weight is 369 g/mol. The Morgan fingerprint density at radius 2 is 2.11 bits per heavy atom. The van der Waals surface area contributed by atoms with Crippen LogP contribution in [0.5, 0.6) is 0 Å². The van der Waals surface area contributed by atoms with Crippen LogP contribution in [0.15, 0.2) is 36.7 Å². The summed E-state index contributed by atoms with van der Waals surface area (Å²) in [6.45, 7) is 7.15. The maximum absolute atomic E-state index is 14.1. The van der Waals surface area contributed by atoms with Gasteiger partial charge in [0.1, 0.15) is 11.6 Å². The third kappa shape index (κ3) is 3.65. The summed E-state index contributed by atoms with van der Waals surface area (Å²) in [7, 11) is 2.10. The van der Waals surface area contributed by atoms with Gasteiger partial charge in [0, 0.05) is 36.7 Å². The van der Waals surface area contributed by atoms with E-state index in [1.807, 2.05) is 35.4 Å². The number of hydrogen-bond acceptors (Lipinski definition) is 4. The minimum Gasteiger partial charge on any atom is -0.374 e. The second-order valence-electron chi connectivity index (χ2n) is 7.16. The number of nitrogens with zero attached hydrogens (tertiary/aromatic N) is 5. The smallest absolute Gasteiger partial charge is 0.142 e. The van der Waals surface area contributed by atoms with Crippen LogP contribution in [0.2, 0.25) is 0 Å². The van der Waals surface area contributed by atoms with Gasteiger partial charge in [0.15, 0.2) is 0 Å². The molecular weight excluding hydrogens is 345 g/mol. The van der Waals surface area contributed by atoms with Crippen LogP contribution < -0.4 is 0 Å². The predicted molar refractivity (Wildman–Crippen MR) is 101 cm³/mol. The largest absolute Gasteiger partial charge is 0.374 e. The molecule has 1 aliphatic heterocycles. The number of aryl methyl sites for hydroxylation is 2. The molecule has 7 heteroatoms. The highest BCUT2D eigenvalue weighted by Crippen LogP contribution is 2.28. The number of halogens is 1. The molecule has 1 aromatic carbocycles. The van der Waals surface area contributed by atoms with Crippen LogP contribution in [0.25, 0.3) is 17.1 Å². The number of aromatic nitrogens is 4. The molecule has 3 aromatic rings. The van der Waals surface area contributed by atoms with Gasteiger partial charge < -0.3 is 14.2 Å². The van der Waals surface area contributed by atoms with Crippen LogP contribution in [-0.2, 0) is 11.3 Å². The third-order valence-corrected chi connectivity index (χ3v) is 4.89. The number of ether oxygens (including phenoxy) is 1. The fourth-order valence-corrected chi connectivity index (χ4v) is 3.64. The number of morpholine rings is 1. The highest BCUT2D eigenvalue weighted by Gasteiger charge is 2.21. The SMILES string of the molecule is Cc1cc(C)n(-c2ccc(F)cc2-c2nccn2CC2CN(C)CCO2)n1. The lowest BCUT2D eigenvalue weighted by molar-refractivity contribution is -0.0272. The maximum Gasteiger partial charge on any atom is 0.142 e. The van der Waals surface area contributed by atoms with Crippen molar-refractivity contribution in [2.75, 3.05) is 26.7 Å². The Morgan fingerprint density at radius 1 is 1.26 bits per heavy atom. The fourth-order valence-electron chi connectivity index (χ4n) is 3.64. The molecule has 4 rings (SSSR count). The highest BCUT2D eigenvalue weighted by molar-refractivity contribution is 5.68. The fraction of sp³-hybridized carbons (Fsp3) is 0.400. The Bertz CT molecular complexity index is 948. The molecule has 0 spiro atoms. The van der Waals surface area contributed by atoms with Crippen LogP contribution in [0.1, 0.15) is 11.4 Å². The first-order valence-corrected chi connectivity index (χ1v) is 9.16. The molecule has 27 heavy (non-hydrogen) atoms. The molecule has 1 aliphatic rings. The van der Waals surface area contributed by atoms with Crippen molar-refractivity contribution in [2.45, 2.75) is 26.5 Å². The number of imidazole rings is 1. The molecule has 0 aliphatic carbocycles. The van der Waals surface area contributed by atoms with Gasteiger partial charge in [0.2, 0.25) is 0 Å². The molecule has 1 fully saturated rings. The number of likely N-dealkylation sites (N-methyl/N-ethyl adjacent to an activating group) is 1. The lowest BCUT2D eigenvalue weighted by Gasteiger charge is -2.30. The van der Waals surface area contributed by atoms with Gasteiger partial charge in [-0.15, -0.1) is 0 Å². The third-order valence-electron chi connectivity index (χ3n) is 4.89. The normalized spacial score (nSPS) is 18.1. The van der Waals surface area contributed by atoms with Crippen LogP contribution in [-0.4, -0.2) is 57.1 Å². The van der Waals surface area contributed by atoms with E-state index in [2.05, 4.69) is 22.0 Å².